The second-order valence-electron chi connectivity index (χ2n) is 12.7. The van der Waals surface area contributed by atoms with Crippen molar-refractivity contribution in [2.45, 2.75) is 38.1 Å². The number of rotatable bonds is 5. The van der Waals surface area contributed by atoms with Crippen molar-refractivity contribution < 1.29 is 24.3 Å². The summed E-state index contributed by atoms with van der Waals surface area (Å²) in [5.41, 5.74) is 8.69. The normalized spacial score (nSPS) is 21.9. The predicted molar refractivity (Wildman–Crippen MR) is 164 cm³/mol. The number of likely N-dealkylation sites (tertiary alicyclic amines) is 1. The molecule has 12 heteroatoms. The number of nitrogens with zero attached hydrogens (tertiary/aromatic N) is 4. The van der Waals surface area contributed by atoms with Crippen molar-refractivity contribution >= 4 is 41.0 Å². The molecule has 3 aliphatic heterocycles. The van der Waals surface area contributed by atoms with E-state index < -0.39 is 12.0 Å². The average molecular weight is 602 g/mol. The van der Waals surface area contributed by atoms with Gasteiger partial charge in [0, 0.05) is 50.0 Å². The number of anilines is 2. The summed E-state index contributed by atoms with van der Waals surface area (Å²) in [6.07, 6.45) is 3.80. The van der Waals surface area contributed by atoms with E-state index in [0.717, 1.165) is 43.5 Å². The third kappa shape index (κ3) is 5.49. The van der Waals surface area contributed by atoms with Crippen LogP contribution in [0.1, 0.15) is 53.2 Å². The van der Waals surface area contributed by atoms with Crippen LogP contribution < -0.4 is 16.0 Å². The number of carbonyl (C=O) groups is 4. The van der Waals surface area contributed by atoms with Crippen molar-refractivity contribution in [3.8, 4) is 0 Å². The molecular formula is C32H39N7O5. The summed E-state index contributed by atoms with van der Waals surface area (Å²) in [6, 6.07) is 10.7. The topological polar surface area (TPSA) is 163 Å². The maximum Gasteiger partial charge on any atom is 0.335 e. The van der Waals surface area contributed by atoms with Crippen LogP contribution in [0.3, 0.4) is 0 Å². The smallest absolute Gasteiger partial charge is 0.335 e. The number of nitrogens with one attached hydrogen (secondary N) is 2. The zero-order valence-electron chi connectivity index (χ0n) is 24.9. The first kappa shape index (κ1) is 29.6. The predicted octanol–water partition coefficient (Wildman–Crippen LogP) is 2.11. The van der Waals surface area contributed by atoms with Crippen LogP contribution in [0, 0.1) is 16.7 Å². The molecule has 6 rings (SSSR count). The van der Waals surface area contributed by atoms with Gasteiger partial charge < -0.3 is 30.9 Å². The highest BCUT2D eigenvalue weighted by Crippen LogP contribution is 2.53. The first-order valence-corrected chi connectivity index (χ1v) is 15.2. The first-order chi connectivity index (χ1) is 21.0. The van der Waals surface area contributed by atoms with Crippen LogP contribution in [0.25, 0.3) is 0 Å². The molecule has 12 nitrogen and oxygen atoms in total. The van der Waals surface area contributed by atoms with E-state index in [0.29, 0.717) is 50.4 Å². The van der Waals surface area contributed by atoms with Gasteiger partial charge in [0.1, 0.15) is 6.04 Å². The number of hydrogen-bond donors (Lipinski definition) is 4. The van der Waals surface area contributed by atoms with E-state index in [4.69, 9.17) is 11.1 Å². The number of guanidine groups is 1. The molecule has 232 valence electrons. The van der Waals surface area contributed by atoms with Crippen molar-refractivity contribution in [1.29, 1.82) is 5.41 Å². The van der Waals surface area contributed by atoms with Gasteiger partial charge in [0.2, 0.25) is 11.8 Å². The van der Waals surface area contributed by atoms with Crippen LogP contribution in [0.4, 0.5) is 11.4 Å². The van der Waals surface area contributed by atoms with E-state index in [1.165, 1.54) is 12.1 Å². The number of amides is 3. The molecule has 3 fully saturated rings. The third-order valence-electron chi connectivity index (χ3n) is 9.90. The fourth-order valence-corrected chi connectivity index (χ4v) is 7.40. The quantitative estimate of drug-likeness (QED) is 0.299. The van der Waals surface area contributed by atoms with Gasteiger partial charge in [-0.15, -0.1) is 0 Å². The summed E-state index contributed by atoms with van der Waals surface area (Å²) >= 11 is 0. The van der Waals surface area contributed by atoms with E-state index in [1.807, 2.05) is 35.0 Å². The summed E-state index contributed by atoms with van der Waals surface area (Å²) < 4.78 is 0. The number of carboxylic acid groups (broad SMARTS) is 1. The van der Waals surface area contributed by atoms with E-state index in [2.05, 4.69) is 5.32 Å². The van der Waals surface area contributed by atoms with Crippen LogP contribution in [-0.2, 0) is 20.8 Å². The fraction of sp³-hybridized carbons (Fsp3) is 0.469. The van der Waals surface area contributed by atoms with Gasteiger partial charge in [-0.1, -0.05) is 12.1 Å². The number of nitrogens with two attached hydrogens (primary N) is 1. The van der Waals surface area contributed by atoms with Gasteiger partial charge in [0.25, 0.3) is 5.91 Å². The van der Waals surface area contributed by atoms with Crippen LogP contribution in [-0.4, -0.2) is 95.8 Å². The molecule has 1 atom stereocenters. The SMILES string of the molecule is CN1CCN(c2cccc3c2CCN(C(=O)C2CC4(CCN(C(=N)N)CC4)C2)[C@@H]3C(=O)Nc2ccc(C(=O)O)cc2)C(=O)C1. The fourth-order valence-electron chi connectivity index (χ4n) is 7.40. The minimum atomic E-state index is -1.06. The van der Waals surface area contributed by atoms with Crippen LogP contribution in [0.2, 0.25) is 0 Å². The van der Waals surface area contributed by atoms with Crippen molar-refractivity contribution in [2.75, 3.05) is 56.5 Å². The number of piperidine rings is 1. The maximum absolute atomic E-state index is 14.1. The second kappa shape index (κ2) is 11.6. The molecule has 44 heavy (non-hydrogen) atoms. The Labute approximate surface area is 256 Å². The third-order valence-corrected chi connectivity index (χ3v) is 9.90. The van der Waals surface area contributed by atoms with Gasteiger partial charge in [-0.3, -0.25) is 24.7 Å². The second-order valence-corrected chi connectivity index (χ2v) is 12.7. The van der Waals surface area contributed by atoms with Gasteiger partial charge in [0.05, 0.1) is 12.1 Å². The highest BCUT2D eigenvalue weighted by molar-refractivity contribution is 6.01. The van der Waals surface area contributed by atoms with Gasteiger partial charge in [-0.2, -0.15) is 0 Å². The molecule has 2 aromatic rings. The minimum Gasteiger partial charge on any atom is -0.478 e. The lowest BCUT2D eigenvalue weighted by molar-refractivity contribution is -0.151. The van der Waals surface area contributed by atoms with Crippen molar-refractivity contribution in [3.05, 3.63) is 59.2 Å². The van der Waals surface area contributed by atoms with Crippen LogP contribution >= 0.6 is 0 Å². The molecule has 2 aromatic carbocycles. The minimum absolute atomic E-state index is 0.000708. The summed E-state index contributed by atoms with van der Waals surface area (Å²) in [4.78, 5) is 59.8. The zero-order chi connectivity index (χ0) is 31.2. The lowest BCUT2D eigenvalue weighted by atomic mass is 9.57. The number of carbonyl (C=O) groups excluding carboxylic acids is 3. The first-order valence-electron chi connectivity index (χ1n) is 15.2. The summed E-state index contributed by atoms with van der Waals surface area (Å²) in [5.74, 6) is -1.58. The highest BCUT2D eigenvalue weighted by atomic mass is 16.4. The molecule has 2 saturated heterocycles. The van der Waals surface area contributed by atoms with Crippen molar-refractivity contribution in [1.82, 2.24) is 14.7 Å². The number of benzene rings is 2. The number of carboxylic acids is 1. The Morgan fingerprint density at radius 3 is 2.34 bits per heavy atom. The Morgan fingerprint density at radius 1 is 1.00 bits per heavy atom. The van der Waals surface area contributed by atoms with Crippen molar-refractivity contribution in [3.63, 3.8) is 0 Å². The molecule has 1 spiro atoms. The molecule has 3 heterocycles. The number of hydrogen-bond acceptors (Lipinski definition) is 6. The Balaban J connectivity index is 1.27. The van der Waals surface area contributed by atoms with Crippen molar-refractivity contribution in [2.24, 2.45) is 17.1 Å². The summed E-state index contributed by atoms with van der Waals surface area (Å²) in [5, 5.41) is 19.9. The maximum atomic E-state index is 14.1. The van der Waals surface area contributed by atoms with Crippen LogP contribution in [0.15, 0.2) is 42.5 Å². The van der Waals surface area contributed by atoms with E-state index in [-0.39, 0.29) is 40.6 Å². The molecule has 3 amide bonds. The summed E-state index contributed by atoms with van der Waals surface area (Å²) in [6.45, 7) is 3.39. The average Bonchev–Trinajstić information content (AvgIpc) is 2.99. The molecule has 4 aliphatic rings. The Bertz CT molecular complexity index is 1490. The Hall–Kier alpha value is -4.45. The molecular weight excluding hydrogens is 562 g/mol. The van der Waals surface area contributed by atoms with Crippen LogP contribution in [0.5, 0.6) is 0 Å². The highest BCUT2D eigenvalue weighted by Gasteiger charge is 2.51. The molecule has 0 aromatic heterocycles. The van der Waals surface area contributed by atoms with E-state index >= 15 is 0 Å². The summed E-state index contributed by atoms with van der Waals surface area (Å²) in [7, 11) is 1.92. The zero-order valence-corrected chi connectivity index (χ0v) is 24.9. The number of likely N-dealkylation sites (N-methyl/N-ethyl adjacent to an activating group) is 1. The molecule has 0 radical (unpaired) electrons. The number of aromatic carboxylic acids is 1. The van der Waals surface area contributed by atoms with Gasteiger partial charge in [-0.05, 0) is 86.0 Å². The van der Waals surface area contributed by atoms with Gasteiger partial charge >= 0.3 is 5.97 Å². The number of piperazine rings is 1. The largest absolute Gasteiger partial charge is 0.478 e. The molecule has 1 aliphatic carbocycles. The lowest BCUT2D eigenvalue weighted by Gasteiger charge is -2.53. The molecule has 0 bridgehead atoms. The molecule has 5 N–H and O–H groups in total. The van der Waals surface area contributed by atoms with Gasteiger partial charge in [-0.25, -0.2) is 4.79 Å². The Kier molecular flexibility index (Phi) is 7.79. The van der Waals surface area contributed by atoms with E-state index in [1.54, 1.807) is 21.9 Å². The lowest BCUT2D eigenvalue weighted by Crippen LogP contribution is -2.55. The number of fused-ring (bicyclic) bond motifs is 1. The monoisotopic (exact) mass is 601 g/mol. The molecule has 1 saturated carbocycles. The molecule has 0 unspecified atom stereocenters. The standard InChI is InChI=1S/C32H39N7O5/c1-36-15-16-38(26(40)19-36)25-4-2-3-24-23(25)9-12-39(27(24)28(41)35-22-7-5-20(6-8-22)30(43)44)29(42)21-17-32(18-21)10-13-37(14-11-32)31(33)34/h2-8,21,27H,9-19H2,1H3,(H3,33,34)(H,35,41)(H,43,44)/t27-/m0/s1. The van der Waals surface area contributed by atoms with E-state index in [9.17, 15) is 24.3 Å². The Morgan fingerprint density at radius 2 is 1.70 bits per heavy atom. The van der Waals surface area contributed by atoms with Gasteiger partial charge in [0.15, 0.2) is 5.96 Å².